The summed E-state index contributed by atoms with van der Waals surface area (Å²) >= 11 is 3.76. The zero-order valence-electron chi connectivity index (χ0n) is 31.0. The molecule has 2 heterocycles. The van der Waals surface area contributed by atoms with E-state index in [-0.39, 0.29) is 0 Å². The predicted molar refractivity (Wildman–Crippen MR) is 249 cm³/mol. The van der Waals surface area contributed by atoms with Crippen LogP contribution in [-0.2, 0) is 0 Å². The normalized spacial score (nSPS) is 11.5. The van der Waals surface area contributed by atoms with Gasteiger partial charge in [0.05, 0.1) is 0 Å². The Balaban J connectivity index is 0.975. The van der Waals surface area contributed by atoms with E-state index >= 15 is 0 Å². The van der Waals surface area contributed by atoms with Gasteiger partial charge in [-0.3, -0.25) is 0 Å². The van der Waals surface area contributed by atoms with E-state index in [0.717, 1.165) is 17.1 Å². The highest BCUT2D eigenvalue weighted by molar-refractivity contribution is 7.26. The zero-order chi connectivity index (χ0) is 37.7. The van der Waals surface area contributed by atoms with E-state index < -0.39 is 0 Å². The fraction of sp³-hybridized carbons (Fsp3) is 0. The van der Waals surface area contributed by atoms with Crippen LogP contribution < -0.4 is 4.90 Å². The quantitative estimate of drug-likeness (QED) is 0.156. The van der Waals surface area contributed by atoms with Crippen LogP contribution in [0.5, 0.6) is 0 Å². The summed E-state index contributed by atoms with van der Waals surface area (Å²) in [6.07, 6.45) is 0. The molecule has 0 saturated heterocycles. The Morgan fingerprint density at radius 1 is 0.263 bits per heavy atom. The largest absolute Gasteiger partial charge is 0.310 e. The van der Waals surface area contributed by atoms with Crippen molar-refractivity contribution in [3.63, 3.8) is 0 Å². The smallest absolute Gasteiger partial charge is 0.0468 e. The highest BCUT2D eigenvalue weighted by atomic mass is 32.1. The molecule has 1 nitrogen and oxygen atoms in total. The van der Waals surface area contributed by atoms with Crippen LogP contribution in [0.15, 0.2) is 212 Å². The Hall–Kier alpha value is -6.78. The topological polar surface area (TPSA) is 3.24 Å². The molecule has 0 fully saturated rings. The summed E-state index contributed by atoms with van der Waals surface area (Å²) < 4.78 is 5.26. The minimum atomic E-state index is 1.12. The lowest BCUT2D eigenvalue weighted by atomic mass is 9.97. The Morgan fingerprint density at radius 2 is 0.772 bits per heavy atom. The molecule has 0 N–H and O–H groups in total. The van der Waals surface area contributed by atoms with Gasteiger partial charge in [-0.05, 0) is 105 Å². The summed E-state index contributed by atoms with van der Waals surface area (Å²) in [7, 11) is 0. The molecular formula is C54H35NS2. The maximum Gasteiger partial charge on any atom is 0.0468 e. The van der Waals surface area contributed by atoms with Crippen molar-refractivity contribution in [1.82, 2.24) is 0 Å². The average molecular weight is 762 g/mol. The molecule has 0 aliphatic heterocycles. The maximum absolute atomic E-state index is 2.38. The number of fused-ring (bicyclic) bond motifs is 6. The van der Waals surface area contributed by atoms with Gasteiger partial charge in [-0.25, -0.2) is 0 Å². The summed E-state index contributed by atoms with van der Waals surface area (Å²) in [5.41, 5.74) is 13.2. The molecule has 0 bridgehead atoms. The Kier molecular flexibility index (Phi) is 8.28. The second-order valence-electron chi connectivity index (χ2n) is 14.5. The van der Waals surface area contributed by atoms with E-state index in [0.29, 0.717) is 0 Å². The molecule has 0 spiro atoms. The molecule has 268 valence electrons. The van der Waals surface area contributed by atoms with Crippen molar-refractivity contribution >= 4 is 80.1 Å². The van der Waals surface area contributed by atoms with Crippen molar-refractivity contribution < 1.29 is 0 Å². The summed E-state index contributed by atoms with van der Waals surface area (Å²) in [4.78, 5) is 2.38. The van der Waals surface area contributed by atoms with E-state index in [1.165, 1.54) is 84.9 Å². The molecule has 11 aromatic rings. The Labute approximate surface area is 340 Å². The monoisotopic (exact) mass is 761 g/mol. The lowest BCUT2D eigenvalue weighted by Gasteiger charge is -2.26. The third-order valence-corrected chi connectivity index (χ3v) is 13.4. The van der Waals surface area contributed by atoms with Crippen molar-refractivity contribution in [3.05, 3.63) is 212 Å². The first-order valence-electron chi connectivity index (χ1n) is 19.3. The van der Waals surface area contributed by atoms with E-state index in [1.807, 2.05) is 22.7 Å². The molecule has 0 amide bonds. The third kappa shape index (κ3) is 6.09. The highest BCUT2D eigenvalue weighted by Gasteiger charge is 2.17. The van der Waals surface area contributed by atoms with Gasteiger partial charge in [-0.1, -0.05) is 152 Å². The molecular weight excluding hydrogens is 727 g/mol. The van der Waals surface area contributed by atoms with Gasteiger partial charge in [0.2, 0.25) is 0 Å². The van der Waals surface area contributed by atoms with E-state index in [2.05, 4.69) is 217 Å². The number of hydrogen-bond donors (Lipinski definition) is 0. The SMILES string of the molecule is c1ccc(-c2ccc(N(c3ccc(-c4ccccc4)cc3)c3ccc4sc5cc(-c6cccc(-c7cccc8c7sc7ccccc78)c6)ccc5c4c3)cc2)cc1. The minimum Gasteiger partial charge on any atom is -0.310 e. The van der Waals surface area contributed by atoms with Crippen molar-refractivity contribution in [2.24, 2.45) is 0 Å². The number of rotatable bonds is 7. The summed E-state index contributed by atoms with van der Waals surface area (Å²) in [6.45, 7) is 0. The molecule has 2 aromatic heterocycles. The van der Waals surface area contributed by atoms with Gasteiger partial charge < -0.3 is 4.90 Å². The molecule has 0 saturated carbocycles. The van der Waals surface area contributed by atoms with Crippen LogP contribution >= 0.6 is 22.7 Å². The van der Waals surface area contributed by atoms with E-state index in [4.69, 9.17) is 0 Å². The van der Waals surface area contributed by atoms with Crippen LogP contribution in [0.2, 0.25) is 0 Å². The number of anilines is 3. The fourth-order valence-electron chi connectivity index (χ4n) is 8.24. The molecule has 11 rings (SSSR count). The lowest BCUT2D eigenvalue weighted by Crippen LogP contribution is -2.09. The van der Waals surface area contributed by atoms with Gasteiger partial charge in [0, 0.05) is 57.4 Å². The highest BCUT2D eigenvalue weighted by Crippen LogP contribution is 2.44. The van der Waals surface area contributed by atoms with Crippen molar-refractivity contribution in [2.45, 2.75) is 0 Å². The second kappa shape index (κ2) is 14.1. The van der Waals surface area contributed by atoms with Gasteiger partial charge in [0.1, 0.15) is 0 Å². The zero-order valence-corrected chi connectivity index (χ0v) is 32.6. The number of nitrogens with zero attached hydrogens (tertiary/aromatic N) is 1. The number of thiophene rings is 2. The molecule has 0 radical (unpaired) electrons. The van der Waals surface area contributed by atoms with Gasteiger partial charge in [0.25, 0.3) is 0 Å². The molecule has 0 unspecified atom stereocenters. The van der Waals surface area contributed by atoms with Crippen molar-refractivity contribution in [3.8, 4) is 44.5 Å². The third-order valence-electron chi connectivity index (χ3n) is 11.1. The fourth-order valence-corrected chi connectivity index (χ4v) is 10.6. The molecule has 0 aliphatic rings. The van der Waals surface area contributed by atoms with Crippen molar-refractivity contribution in [2.75, 3.05) is 4.90 Å². The number of hydrogen-bond acceptors (Lipinski definition) is 3. The van der Waals surface area contributed by atoms with E-state index in [1.54, 1.807) is 0 Å². The maximum atomic E-state index is 2.38. The van der Waals surface area contributed by atoms with Crippen LogP contribution in [0.1, 0.15) is 0 Å². The lowest BCUT2D eigenvalue weighted by molar-refractivity contribution is 1.29. The summed E-state index contributed by atoms with van der Waals surface area (Å²) in [5, 5.41) is 5.22. The van der Waals surface area contributed by atoms with Crippen LogP contribution in [0, 0.1) is 0 Å². The average Bonchev–Trinajstić information content (AvgIpc) is 3.85. The van der Waals surface area contributed by atoms with Gasteiger partial charge in [0.15, 0.2) is 0 Å². The van der Waals surface area contributed by atoms with Crippen LogP contribution in [0.3, 0.4) is 0 Å². The summed E-state index contributed by atoms with van der Waals surface area (Å²) in [6, 6.07) is 77.5. The minimum absolute atomic E-state index is 1.12. The van der Waals surface area contributed by atoms with Crippen LogP contribution in [0.25, 0.3) is 84.9 Å². The van der Waals surface area contributed by atoms with E-state index in [9.17, 15) is 0 Å². The van der Waals surface area contributed by atoms with Crippen LogP contribution in [0.4, 0.5) is 17.1 Å². The molecule has 9 aromatic carbocycles. The predicted octanol–water partition coefficient (Wildman–Crippen LogP) is 16.6. The van der Waals surface area contributed by atoms with Crippen LogP contribution in [-0.4, -0.2) is 0 Å². The summed E-state index contributed by atoms with van der Waals surface area (Å²) in [5.74, 6) is 0. The van der Waals surface area contributed by atoms with Gasteiger partial charge in [-0.15, -0.1) is 22.7 Å². The first kappa shape index (κ1) is 33.5. The first-order valence-corrected chi connectivity index (χ1v) is 21.0. The molecule has 0 atom stereocenters. The molecule has 0 aliphatic carbocycles. The second-order valence-corrected chi connectivity index (χ2v) is 16.7. The molecule has 57 heavy (non-hydrogen) atoms. The van der Waals surface area contributed by atoms with Gasteiger partial charge in [-0.2, -0.15) is 0 Å². The Morgan fingerprint density at radius 3 is 1.49 bits per heavy atom. The standard InChI is InChI=1S/C54H35NS2/c1-3-11-36(12-4-1)38-21-26-43(27-22-38)55(44-28-23-39(24-29-44)37-13-5-2-6-14-37)45-30-32-52-50(35-45)48-31-25-41(34-53(48)56-52)40-15-9-16-42(33-40)46-18-10-19-49-47-17-7-8-20-51(47)57-54(46)49/h1-35H. The van der Waals surface area contributed by atoms with Crippen molar-refractivity contribution in [1.29, 1.82) is 0 Å². The Bertz CT molecular complexity index is 3130. The molecule has 3 heteroatoms. The number of benzene rings is 9. The first-order chi connectivity index (χ1) is 28.2. The van der Waals surface area contributed by atoms with Gasteiger partial charge >= 0.3 is 0 Å².